The molecule has 0 radical (unpaired) electrons. The molecule has 0 aromatic rings. The third-order valence-corrected chi connectivity index (χ3v) is 1.94. The van der Waals surface area contributed by atoms with Crippen molar-refractivity contribution < 1.29 is 4.79 Å². The molecule has 2 heteroatoms. The zero-order valence-corrected chi connectivity index (χ0v) is 8.68. The van der Waals surface area contributed by atoms with Gasteiger partial charge in [0.05, 0.1) is 0 Å². The molecule has 0 saturated carbocycles. The number of amides is 1. The van der Waals surface area contributed by atoms with Crippen molar-refractivity contribution in [1.29, 1.82) is 0 Å². The van der Waals surface area contributed by atoms with E-state index in [0.717, 1.165) is 13.0 Å². The van der Waals surface area contributed by atoms with E-state index in [1.54, 1.807) is 0 Å². The number of hydrogen-bond donors (Lipinski definition) is 1. The van der Waals surface area contributed by atoms with E-state index < -0.39 is 0 Å². The number of carbonyl (C=O) groups is 1. The number of nitrogens with one attached hydrogen (secondary N) is 1. The lowest BCUT2D eigenvalue weighted by atomic mass is 10.1. The van der Waals surface area contributed by atoms with Gasteiger partial charge in [-0.1, -0.05) is 34.1 Å². The molecule has 0 aliphatic rings. The molecule has 0 bridgehead atoms. The Balaban J connectivity index is 3.44. The van der Waals surface area contributed by atoms with Gasteiger partial charge in [0.1, 0.15) is 0 Å². The first kappa shape index (κ1) is 11.5. The number of carbonyl (C=O) groups excluding carboxylic acids is 1. The first-order chi connectivity index (χ1) is 5.56. The molecule has 0 fully saturated rings. The fraction of sp³-hybridized carbons (Fsp3) is 0.900. The summed E-state index contributed by atoms with van der Waals surface area (Å²) in [6, 6.07) is 0. The molecule has 2 nitrogen and oxygen atoms in total. The Morgan fingerprint density at radius 1 is 1.33 bits per heavy atom. The van der Waals surface area contributed by atoms with Crippen LogP contribution in [0.1, 0.15) is 40.5 Å². The van der Waals surface area contributed by atoms with Crippen LogP contribution in [0.4, 0.5) is 0 Å². The van der Waals surface area contributed by atoms with E-state index in [1.165, 1.54) is 0 Å². The minimum Gasteiger partial charge on any atom is -0.356 e. The molecule has 12 heavy (non-hydrogen) atoms. The average molecular weight is 171 g/mol. The summed E-state index contributed by atoms with van der Waals surface area (Å²) in [5.74, 6) is 1.24. The smallest absolute Gasteiger partial charge is 0.220 e. The summed E-state index contributed by atoms with van der Waals surface area (Å²) in [7, 11) is 0. The van der Waals surface area contributed by atoms with Gasteiger partial charge in [-0.2, -0.15) is 0 Å². The molecule has 0 saturated heterocycles. The Morgan fingerprint density at radius 2 is 1.92 bits per heavy atom. The third-order valence-electron chi connectivity index (χ3n) is 1.94. The molecule has 0 rings (SSSR count). The normalized spacial score (nSPS) is 13.1. The molecule has 1 unspecified atom stereocenters. The molecule has 72 valence electrons. The van der Waals surface area contributed by atoms with Gasteiger partial charge in [0.2, 0.25) is 5.91 Å². The van der Waals surface area contributed by atoms with Gasteiger partial charge in [-0.15, -0.1) is 0 Å². The maximum Gasteiger partial charge on any atom is 0.220 e. The van der Waals surface area contributed by atoms with E-state index in [9.17, 15) is 4.79 Å². The molecular weight excluding hydrogens is 150 g/mol. The van der Waals surface area contributed by atoms with Crippen molar-refractivity contribution in [2.45, 2.75) is 40.5 Å². The fourth-order valence-corrected chi connectivity index (χ4v) is 0.875. The van der Waals surface area contributed by atoms with Crippen molar-refractivity contribution in [3.8, 4) is 0 Å². The molecule has 1 atom stereocenters. The van der Waals surface area contributed by atoms with Crippen LogP contribution >= 0.6 is 0 Å². The Morgan fingerprint density at radius 3 is 2.33 bits per heavy atom. The SMILES string of the molecule is CCC(C)CNC(=O)CC(C)C. The monoisotopic (exact) mass is 171 g/mol. The summed E-state index contributed by atoms with van der Waals surface area (Å²) < 4.78 is 0. The van der Waals surface area contributed by atoms with Crippen LogP contribution < -0.4 is 5.32 Å². The molecular formula is C10H21NO. The van der Waals surface area contributed by atoms with E-state index in [-0.39, 0.29) is 5.91 Å². The molecule has 0 spiro atoms. The molecule has 0 aliphatic heterocycles. The fourth-order valence-electron chi connectivity index (χ4n) is 0.875. The average Bonchev–Trinajstić information content (AvgIpc) is 1.99. The van der Waals surface area contributed by atoms with Gasteiger partial charge in [0.25, 0.3) is 0 Å². The van der Waals surface area contributed by atoms with E-state index in [0.29, 0.717) is 18.3 Å². The van der Waals surface area contributed by atoms with Gasteiger partial charge < -0.3 is 5.32 Å². The topological polar surface area (TPSA) is 29.1 Å². The van der Waals surface area contributed by atoms with Crippen LogP contribution in [0.15, 0.2) is 0 Å². The van der Waals surface area contributed by atoms with Crippen molar-refractivity contribution in [3.63, 3.8) is 0 Å². The van der Waals surface area contributed by atoms with E-state index in [2.05, 4.69) is 33.0 Å². The number of hydrogen-bond acceptors (Lipinski definition) is 1. The number of rotatable bonds is 5. The second kappa shape index (κ2) is 6.04. The quantitative estimate of drug-likeness (QED) is 0.675. The molecule has 1 N–H and O–H groups in total. The van der Waals surface area contributed by atoms with Crippen LogP contribution in [0.25, 0.3) is 0 Å². The van der Waals surface area contributed by atoms with Gasteiger partial charge in [-0.25, -0.2) is 0 Å². The molecule has 0 aromatic heterocycles. The van der Waals surface area contributed by atoms with E-state index >= 15 is 0 Å². The first-order valence-corrected chi connectivity index (χ1v) is 4.83. The second-order valence-electron chi connectivity index (χ2n) is 3.92. The summed E-state index contributed by atoms with van der Waals surface area (Å²) in [4.78, 5) is 11.2. The highest BCUT2D eigenvalue weighted by molar-refractivity contribution is 5.75. The zero-order valence-electron chi connectivity index (χ0n) is 8.68. The van der Waals surface area contributed by atoms with Crippen LogP contribution in [0.2, 0.25) is 0 Å². The van der Waals surface area contributed by atoms with Crippen molar-refractivity contribution in [2.24, 2.45) is 11.8 Å². The Bertz CT molecular complexity index is 132. The predicted octanol–water partition coefficient (Wildman–Crippen LogP) is 2.19. The highest BCUT2D eigenvalue weighted by atomic mass is 16.1. The Hall–Kier alpha value is -0.530. The van der Waals surface area contributed by atoms with Gasteiger partial charge in [-0.05, 0) is 11.8 Å². The standard InChI is InChI=1S/C10H21NO/c1-5-9(4)7-11-10(12)6-8(2)3/h8-9H,5-7H2,1-4H3,(H,11,12). The minimum absolute atomic E-state index is 0.185. The third kappa shape index (κ3) is 6.20. The molecule has 1 amide bonds. The van der Waals surface area contributed by atoms with E-state index in [1.807, 2.05) is 0 Å². The van der Waals surface area contributed by atoms with Crippen LogP contribution in [-0.2, 0) is 4.79 Å². The maximum atomic E-state index is 11.2. The molecule has 0 aromatic carbocycles. The lowest BCUT2D eigenvalue weighted by Crippen LogP contribution is -2.28. The predicted molar refractivity (Wildman–Crippen MR) is 51.9 cm³/mol. The summed E-state index contributed by atoms with van der Waals surface area (Å²) in [5, 5.41) is 2.93. The van der Waals surface area contributed by atoms with Gasteiger partial charge in [0, 0.05) is 13.0 Å². The molecule has 0 heterocycles. The van der Waals surface area contributed by atoms with Crippen molar-refractivity contribution in [3.05, 3.63) is 0 Å². The van der Waals surface area contributed by atoms with Gasteiger partial charge in [0.15, 0.2) is 0 Å². The highest BCUT2D eigenvalue weighted by Gasteiger charge is 2.05. The lowest BCUT2D eigenvalue weighted by molar-refractivity contribution is -0.121. The van der Waals surface area contributed by atoms with Crippen molar-refractivity contribution in [1.82, 2.24) is 5.32 Å². The maximum absolute atomic E-state index is 11.2. The minimum atomic E-state index is 0.185. The van der Waals surface area contributed by atoms with Crippen LogP contribution in [0.3, 0.4) is 0 Å². The summed E-state index contributed by atoms with van der Waals surface area (Å²) in [6.07, 6.45) is 1.78. The molecule has 0 aliphatic carbocycles. The second-order valence-corrected chi connectivity index (χ2v) is 3.92. The van der Waals surface area contributed by atoms with Gasteiger partial charge >= 0.3 is 0 Å². The van der Waals surface area contributed by atoms with Crippen molar-refractivity contribution >= 4 is 5.91 Å². The van der Waals surface area contributed by atoms with Crippen LogP contribution in [0, 0.1) is 11.8 Å². The summed E-state index contributed by atoms with van der Waals surface area (Å²) in [6.45, 7) is 9.22. The van der Waals surface area contributed by atoms with Crippen LogP contribution in [-0.4, -0.2) is 12.5 Å². The Labute approximate surface area is 75.7 Å². The van der Waals surface area contributed by atoms with Crippen LogP contribution in [0.5, 0.6) is 0 Å². The van der Waals surface area contributed by atoms with Gasteiger partial charge in [-0.3, -0.25) is 4.79 Å². The summed E-state index contributed by atoms with van der Waals surface area (Å²) in [5.41, 5.74) is 0. The zero-order chi connectivity index (χ0) is 9.56. The van der Waals surface area contributed by atoms with Crippen molar-refractivity contribution in [2.75, 3.05) is 6.54 Å². The van der Waals surface area contributed by atoms with E-state index in [4.69, 9.17) is 0 Å². The summed E-state index contributed by atoms with van der Waals surface area (Å²) >= 11 is 0. The lowest BCUT2D eigenvalue weighted by Gasteiger charge is -2.10. The highest BCUT2D eigenvalue weighted by Crippen LogP contribution is 2.00. The largest absolute Gasteiger partial charge is 0.356 e. The Kier molecular flexibility index (Phi) is 5.77. The first-order valence-electron chi connectivity index (χ1n) is 4.83.